The van der Waals surface area contributed by atoms with Crippen molar-refractivity contribution in [2.75, 3.05) is 31.1 Å². The summed E-state index contributed by atoms with van der Waals surface area (Å²) in [6.45, 7) is 5.04. The number of hydrogen-bond acceptors (Lipinski definition) is 5. The molecule has 190 valence electrons. The molecule has 0 radical (unpaired) electrons. The van der Waals surface area contributed by atoms with Gasteiger partial charge in [0.15, 0.2) is 5.84 Å². The smallest absolute Gasteiger partial charge is 0.225 e. The minimum atomic E-state index is -0.233. The molecule has 0 unspecified atom stereocenters. The van der Waals surface area contributed by atoms with E-state index < -0.39 is 0 Å². The largest absolute Gasteiger partial charge is 0.358 e. The fraction of sp³-hybridized carbons (Fsp3) is 0.296. The monoisotopic (exact) mass is 499 g/mol. The number of halogens is 1. The number of nitrogens with zero attached hydrogens (tertiary/aromatic N) is 7. The summed E-state index contributed by atoms with van der Waals surface area (Å²) in [5.74, 6) is 1.33. The van der Waals surface area contributed by atoms with Crippen LogP contribution >= 0.6 is 0 Å². The predicted octanol–water partition coefficient (Wildman–Crippen LogP) is 4.06. The first-order valence-corrected chi connectivity index (χ1v) is 12.4. The van der Waals surface area contributed by atoms with Gasteiger partial charge in [0, 0.05) is 75.1 Å². The molecule has 0 spiro atoms. The molecule has 1 saturated heterocycles. The first-order chi connectivity index (χ1) is 18.1. The number of piperazine rings is 1. The predicted molar refractivity (Wildman–Crippen MR) is 143 cm³/mol. The maximum absolute atomic E-state index is 13.3. The molecule has 1 aliphatic rings. The molecule has 4 heterocycles. The number of benzene rings is 1. The van der Waals surface area contributed by atoms with Crippen LogP contribution in [0.15, 0.2) is 66.3 Å². The van der Waals surface area contributed by atoms with Gasteiger partial charge >= 0.3 is 0 Å². The molecule has 4 aromatic rings. The molecule has 3 aromatic heterocycles. The van der Waals surface area contributed by atoms with Crippen LogP contribution < -0.4 is 4.90 Å². The van der Waals surface area contributed by atoms with Crippen molar-refractivity contribution < 1.29 is 4.39 Å². The lowest BCUT2D eigenvalue weighted by Crippen LogP contribution is -2.49. The van der Waals surface area contributed by atoms with Crippen LogP contribution in [0, 0.1) is 11.2 Å². The zero-order chi connectivity index (χ0) is 25.8. The average Bonchev–Trinajstić information content (AvgIpc) is 3.59. The van der Waals surface area contributed by atoms with Crippen LogP contribution in [0.25, 0.3) is 11.1 Å². The Morgan fingerprint density at radius 2 is 1.81 bits per heavy atom. The molecular formula is C27H30FN9. The van der Waals surface area contributed by atoms with Gasteiger partial charge in [-0.25, -0.2) is 19.4 Å². The van der Waals surface area contributed by atoms with Crippen molar-refractivity contribution in [3.63, 3.8) is 0 Å². The third-order valence-corrected chi connectivity index (χ3v) is 6.75. The van der Waals surface area contributed by atoms with Gasteiger partial charge in [0.05, 0.1) is 11.9 Å². The van der Waals surface area contributed by atoms with Gasteiger partial charge in [-0.05, 0) is 35.7 Å². The Hall–Kier alpha value is -4.34. The summed E-state index contributed by atoms with van der Waals surface area (Å²) in [6, 6.07) is 8.69. The van der Waals surface area contributed by atoms with Crippen LogP contribution in [0.5, 0.6) is 0 Å². The Labute approximate surface area is 215 Å². The highest BCUT2D eigenvalue weighted by Crippen LogP contribution is 2.28. The third kappa shape index (κ3) is 5.28. The van der Waals surface area contributed by atoms with Crippen LogP contribution in [0.1, 0.15) is 36.1 Å². The van der Waals surface area contributed by atoms with Crippen LogP contribution in [0.4, 0.5) is 10.3 Å². The summed E-state index contributed by atoms with van der Waals surface area (Å²) < 4.78 is 15.1. The van der Waals surface area contributed by atoms with Crippen molar-refractivity contribution >= 4 is 18.1 Å². The fourth-order valence-electron chi connectivity index (χ4n) is 4.79. The van der Waals surface area contributed by atoms with E-state index in [0.717, 1.165) is 72.7 Å². The highest BCUT2D eigenvalue weighted by molar-refractivity contribution is 6.01. The summed E-state index contributed by atoms with van der Waals surface area (Å²) in [7, 11) is 1.89. The lowest BCUT2D eigenvalue weighted by atomic mass is 9.91. The van der Waals surface area contributed by atoms with E-state index in [1.54, 1.807) is 4.68 Å². The topological polar surface area (TPSA) is 102 Å². The standard InChI is InChI=1S/C27H30FN9/c1-3-24(19-4-6-23(28)7-5-19)21-14-31-27(32-15-21)37-10-8-36(9-11-37)26(33-18-29)25-12-20(13-30-25)22-16-34-35(2)17-22/h4-7,12-18,24,29-30H,3,8-11H2,1-2H3/t24-/m0/s1. The van der Waals surface area contributed by atoms with E-state index >= 15 is 0 Å². The molecular weight excluding hydrogens is 469 g/mol. The molecule has 1 aliphatic heterocycles. The molecule has 0 bridgehead atoms. The van der Waals surface area contributed by atoms with Crippen LogP contribution in [-0.2, 0) is 7.05 Å². The molecule has 0 amide bonds. The zero-order valence-corrected chi connectivity index (χ0v) is 21.0. The lowest BCUT2D eigenvalue weighted by Gasteiger charge is -2.36. The van der Waals surface area contributed by atoms with Crippen molar-refractivity contribution in [1.29, 1.82) is 5.41 Å². The Bertz CT molecular complexity index is 1360. The van der Waals surface area contributed by atoms with Crippen molar-refractivity contribution in [2.45, 2.75) is 19.3 Å². The number of aromatic nitrogens is 5. The number of aliphatic imine (C=N–C) groups is 1. The highest BCUT2D eigenvalue weighted by Gasteiger charge is 2.24. The molecule has 0 aliphatic carbocycles. The lowest BCUT2D eigenvalue weighted by molar-refractivity contribution is 0.383. The summed E-state index contributed by atoms with van der Waals surface area (Å²) >= 11 is 0. The van der Waals surface area contributed by atoms with Crippen molar-refractivity contribution in [2.24, 2.45) is 12.0 Å². The van der Waals surface area contributed by atoms with Gasteiger partial charge in [-0.1, -0.05) is 19.1 Å². The molecule has 1 atom stereocenters. The molecule has 10 heteroatoms. The molecule has 0 saturated carbocycles. The van der Waals surface area contributed by atoms with Gasteiger partial charge in [0.25, 0.3) is 0 Å². The number of hydrogen-bond donors (Lipinski definition) is 2. The Morgan fingerprint density at radius 3 is 2.43 bits per heavy atom. The summed E-state index contributed by atoms with van der Waals surface area (Å²) in [6.07, 6.45) is 11.5. The van der Waals surface area contributed by atoms with E-state index in [1.807, 2.05) is 56.2 Å². The number of aromatic amines is 1. The first kappa shape index (κ1) is 24.4. The van der Waals surface area contributed by atoms with Crippen LogP contribution in [0.2, 0.25) is 0 Å². The van der Waals surface area contributed by atoms with Gasteiger partial charge in [-0.3, -0.25) is 10.1 Å². The van der Waals surface area contributed by atoms with Crippen LogP contribution in [-0.4, -0.2) is 68.0 Å². The van der Waals surface area contributed by atoms with E-state index in [-0.39, 0.29) is 11.7 Å². The number of amidine groups is 1. The molecule has 1 aromatic carbocycles. The van der Waals surface area contributed by atoms with E-state index in [4.69, 9.17) is 5.41 Å². The zero-order valence-electron chi connectivity index (χ0n) is 21.0. The summed E-state index contributed by atoms with van der Waals surface area (Å²) in [5, 5.41) is 11.8. The summed E-state index contributed by atoms with van der Waals surface area (Å²) in [4.78, 5) is 21.3. The molecule has 1 fully saturated rings. The molecule has 9 nitrogen and oxygen atoms in total. The van der Waals surface area contributed by atoms with Crippen molar-refractivity contribution in [3.8, 4) is 11.1 Å². The van der Waals surface area contributed by atoms with Gasteiger partial charge < -0.3 is 14.8 Å². The van der Waals surface area contributed by atoms with Crippen LogP contribution in [0.3, 0.4) is 0 Å². The van der Waals surface area contributed by atoms with Gasteiger partial charge in [-0.15, -0.1) is 0 Å². The van der Waals surface area contributed by atoms with Gasteiger partial charge in [0.2, 0.25) is 5.95 Å². The van der Waals surface area contributed by atoms with Crippen molar-refractivity contribution in [1.82, 2.24) is 29.6 Å². The second-order valence-corrected chi connectivity index (χ2v) is 9.09. The number of rotatable bonds is 7. The van der Waals surface area contributed by atoms with Gasteiger partial charge in [0.1, 0.15) is 12.2 Å². The minimum Gasteiger partial charge on any atom is -0.358 e. The number of nitrogens with one attached hydrogen (secondary N) is 2. The number of anilines is 1. The number of aryl methyl sites for hydroxylation is 1. The maximum Gasteiger partial charge on any atom is 0.225 e. The number of H-pyrrole nitrogens is 1. The van der Waals surface area contributed by atoms with Gasteiger partial charge in [-0.2, -0.15) is 5.10 Å². The van der Waals surface area contributed by atoms with E-state index in [1.165, 1.54) is 12.1 Å². The fourth-order valence-corrected chi connectivity index (χ4v) is 4.79. The minimum absolute atomic E-state index is 0.128. The molecule has 37 heavy (non-hydrogen) atoms. The maximum atomic E-state index is 13.3. The van der Waals surface area contributed by atoms with Crippen molar-refractivity contribution in [3.05, 3.63) is 84.0 Å². The Balaban J connectivity index is 1.25. The quantitative estimate of drug-likeness (QED) is 0.295. The third-order valence-electron chi connectivity index (χ3n) is 6.75. The Kier molecular flexibility index (Phi) is 7.07. The first-order valence-electron chi connectivity index (χ1n) is 12.4. The van der Waals surface area contributed by atoms with E-state index in [2.05, 4.69) is 41.8 Å². The Morgan fingerprint density at radius 1 is 1.08 bits per heavy atom. The second kappa shape index (κ2) is 10.7. The van der Waals surface area contributed by atoms with E-state index in [0.29, 0.717) is 5.95 Å². The second-order valence-electron chi connectivity index (χ2n) is 9.09. The van der Waals surface area contributed by atoms with E-state index in [9.17, 15) is 4.39 Å². The summed E-state index contributed by atoms with van der Waals surface area (Å²) in [5.41, 5.74) is 4.99. The molecule has 5 rings (SSSR count). The normalized spacial score (nSPS) is 15.2. The highest BCUT2D eigenvalue weighted by atomic mass is 19.1. The average molecular weight is 500 g/mol. The molecule has 2 N–H and O–H groups in total. The SMILES string of the molecule is CC[C@@H](c1ccc(F)cc1)c1cnc(N2CCN(C(=NC=N)c3cc(-c4cnn(C)c4)c[nH]3)CC2)nc1.